The third-order valence-electron chi connectivity index (χ3n) is 3.65. The molecule has 0 aliphatic carbocycles. The number of carbonyl (C=O) groups is 1. The van der Waals surface area contributed by atoms with Crippen molar-refractivity contribution in [3.05, 3.63) is 48.0 Å². The second kappa shape index (κ2) is 8.54. The molecule has 0 bridgehead atoms. The monoisotopic (exact) mass is 345 g/mol. The van der Waals surface area contributed by atoms with Crippen LogP contribution in [0.4, 0.5) is 5.95 Å². The third-order valence-corrected chi connectivity index (χ3v) is 4.62. The molecule has 1 aromatic carbocycles. The topological polar surface area (TPSA) is 85.8 Å². The maximum atomic E-state index is 12.2. The van der Waals surface area contributed by atoms with Gasteiger partial charge < -0.3 is 11.1 Å². The van der Waals surface area contributed by atoms with Crippen LogP contribution in [0.5, 0.6) is 0 Å². The molecule has 0 aliphatic rings. The Bertz CT molecular complexity index is 696. The van der Waals surface area contributed by atoms with Crippen molar-refractivity contribution in [1.29, 1.82) is 0 Å². The number of nitrogens with one attached hydrogen (secondary N) is 1. The Morgan fingerprint density at radius 3 is 2.75 bits per heavy atom. The fraction of sp³-hybridized carbons (Fsp3) is 0.353. The first kappa shape index (κ1) is 18.1. The lowest BCUT2D eigenvalue weighted by molar-refractivity contribution is -0.119. The van der Waals surface area contributed by atoms with Gasteiger partial charge >= 0.3 is 0 Å². The summed E-state index contributed by atoms with van der Waals surface area (Å²) >= 11 is 1.31. The smallest absolute Gasteiger partial charge is 0.230 e. The number of nitrogens with zero attached hydrogens (tertiary/aromatic N) is 3. The van der Waals surface area contributed by atoms with E-state index in [1.165, 1.54) is 17.3 Å². The van der Waals surface area contributed by atoms with Gasteiger partial charge in [0.1, 0.15) is 0 Å². The summed E-state index contributed by atoms with van der Waals surface area (Å²) in [4.78, 5) is 12.2. The van der Waals surface area contributed by atoms with Crippen LogP contribution in [0.3, 0.4) is 0 Å². The maximum Gasteiger partial charge on any atom is 0.230 e. The molecule has 0 fully saturated rings. The van der Waals surface area contributed by atoms with Gasteiger partial charge in [-0.3, -0.25) is 9.36 Å². The Balaban J connectivity index is 1.89. The number of aryl methyl sites for hydroxylation is 1. The Morgan fingerprint density at radius 2 is 2.12 bits per heavy atom. The van der Waals surface area contributed by atoms with E-state index in [1.54, 1.807) is 10.6 Å². The van der Waals surface area contributed by atoms with Crippen molar-refractivity contribution in [3.8, 4) is 0 Å². The van der Waals surface area contributed by atoms with Crippen molar-refractivity contribution < 1.29 is 4.79 Å². The molecule has 7 heteroatoms. The Morgan fingerprint density at radius 1 is 1.42 bits per heavy atom. The molecule has 1 atom stereocenters. The van der Waals surface area contributed by atoms with Gasteiger partial charge in [-0.05, 0) is 24.5 Å². The molecule has 0 aliphatic heterocycles. The van der Waals surface area contributed by atoms with Gasteiger partial charge in [0.05, 0.1) is 11.8 Å². The summed E-state index contributed by atoms with van der Waals surface area (Å²) in [6, 6.07) is 8.25. The highest BCUT2D eigenvalue weighted by Gasteiger charge is 2.13. The molecule has 2 rings (SSSR count). The highest BCUT2D eigenvalue weighted by atomic mass is 32.2. The number of rotatable bonds is 8. The quantitative estimate of drug-likeness (QED) is 0.567. The minimum Gasteiger partial charge on any atom is -0.368 e. The zero-order valence-corrected chi connectivity index (χ0v) is 14.8. The number of carbonyl (C=O) groups excluding carboxylic acids is 1. The molecular weight excluding hydrogens is 322 g/mol. The average molecular weight is 345 g/mol. The van der Waals surface area contributed by atoms with Gasteiger partial charge in [0.2, 0.25) is 11.9 Å². The standard InChI is InChI=1S/C17H23N5OS/c1-4-10-22-16(18)20-21-17(22)24-11-15(23)19-12(3)14-8-6-13(5-2)7-9-14/h4,6-9,12H,1,5,10-11H2,2-3H3,(H2,18,20)(H,19,23). The molecule has 0 saturated carbocycles. The van der Waals surface area contributed by atoms with Crippen molar-refractivity contribution in [1.82, 2.24) is 20.1 Å². The molecule has 1 amide bonds. The van der Waals surface area contributed by atoms with Crippen molar-refractivity contribution >= 4 is 23.6 Å². The lowest BCUT2D eigenvalue weighted by Gasteiger charge is -2.14. The number of anilines is 1. The molecule has 128 valence electrons. The van der Waals surface area contributed by atoms with Crippen LogP contribution in [0, 0.1) is 0 Å². The molecule has 1 heterocycles. The van der Waals surface area contributed by atoms with Crippen LogP contribution in [-0.4, -0.2) is 26.4 Å². The van der Waals surface area contributed by atoms with E-state index < -0.39 is 0 Å². The SMILES string of the molecule is C=CCn1c(N)nnc1SCC(=O)NC(C)c1ccc(CC)cc1. The van der Waals surface area contributed by atoms with Crippen LogP contribution in [-0.2, 0) is 17.8 Å². The third kappa shape index (κ3) is 4.61. The highest BCUT2D eigenvalue weighted by molar-refractivity contribution is 7.99. The summed E-state index contributed by atoms with van der Waals surface area (Å²) in [7, 11) is 0. The fourth-order valence-corrected chi connectivity index (χ4v) is 3.01. The lowest BCUT2D eigenvalue weighted by Crippen LogP contribution is -2.28. The molecule has 0 spiro atoms. The number of nitrogen functional groups attached to an aromatic ring is 1. The van der Waals surface area contributed by atoms with Crippen molar-refractivity contribution in [3.63, 3.8) is 0 Å². The summed E-state index contributed by atoms with van der Waals surface area (Å²) in [6.07, 6.45) is 2.72. The number of benzene rings is 1. The number of hydrogen-bond donors (Lipinski definition) is 2. The molecule has 24 heavy (non-hydrogen) atoms. The predicted molar refractivity (Wildman–Crippen MR) is 97.7 cm³/mol. The molecular formula is C17H23N5OS. The Kier molecular flexibility index (Phi) is 6.43. The van der Waals surface area contributed by atoms with Gasteiger partial charge in [-0.2, -0.15) is 0 Å². The van der Waals surface area contributed by atoms with E-state index in [4.69, 9.17) is 5.73 Å². The minimum absolute atomic E-state index is 0.0416. The lowest BCUT2D eigenvalue weighted by atomic mass is 10.1. The van der Waals surface area contributed by atoms with Crippen LogP contribution in [0.25, 0.3) is 0 Å². The van der Waals surface area contributed by atoms with E-state index in [0.717, 1.165) is 12.0 Å². The average Bonchev–Trinajstić information content (AvgIpc) is 2.93. The van der Waals surface area contributed by atoms with Gasteiger partial charge in [-0.15, -0.1) is 16.8 Å². The molecule has 1 aromatic heterocycles. The van der Waals surface area contributed by atoms with E-state index in [2.05, 4.69) is 53.3 Å². The predicted octanol–water partition coefficient (Wildman–Crippen LogP) is 2.58. The van der Waals surface area contributed by atoms with Gasteiger partial charge in [0.15, 0.2) is 5.16 Å². The van der Waals surface area contributed by atoms with E-state index in [9.17, 15) is 4.79 Å². The Labute approximate surface area is 146 Å². The minimum atomic E-state index is -0.0567. The van der Waals surface area contributed by atoms with E-state index in [0.29, 0.717) is 17.6 Å². The number of hydrogen-bond acceptors (Lipinski definition) is 5. The van der Waals surface area contributed by atoms with Gasteiger partial charge in [0.25, 0.3) is 0 Å². The van der Waals surface area contributed by atoms with Crippen LogP contribution in [0.2, 0.25) is 0 Å². The largest absolute Gasteiger partial charge is 0.368 e. The molecule has 1 unspecified atom stereocenters. The van der Waals surface area contributed by atoms with Crippen LogP contribution >= 0.6 is 11.8 Å². The molecule has 3 N–H and O–H groups in total. The summed E-state index contributed by atoms with van der Waals surface area (Å²) in [5.74, 6) is 0.521. The van der Waals surface area contributed by atoms with Gasteiger partial charge in [0, 0.05) is 6.54 Å². The van der Waals surface area contributed by atoms with Crippen molar-refractivity contribution in [2.75, 3.05) is 11.5 Å². The second-order valence-electron chi connectivity index (χ2n) is 5.41. The molecule has 0 saturated heterocycles. The zero-order valence-electron chi connectivity index (χ0n) is 14.0. The number of nitrogens with two attached hydrogens (primary N) is 1. The van der Waals surface area contributed by atoms with Crippen molar-refractivity contribution in [2.24, 2.45) is 0 Å². The first-order chi connectivity index (χ1) is 11.5. The number of thioether (sulfide) groups is 1. The van der Waals surface area contributed by atoms with Crippen LogP contribution in [0.15, 0.2) is 42.1 Å². The number of amides is 1. The highest BCUT2D eigenvalue weighted by Crippen LogP contribution is 2.19. The molecule has 6 nitrogen and oxygen atoms in total. The van der Waals surface area contributed by atoms with Gasteiger partial charge in [-0.1, -0.05) is 49.0 Å². The fourth-order valence-electron chi connectivity index (χ4n) is 2.25. The number of allylic oxidation sites excluding steroid dienone is 1. The second-order valence-corrected chi connectivity index (χ2v) is 6.36. The zero-order chi connectivity index (χ0) is 17.5. The normalized spacial score (nSPS) is 11.9. The first-order valence-corrected chi connectivity index (χ1v) is 8.84. The summed E-state index contributed by atoms with van der Waals surface area (Å²) in [5, 5.41) is 11.4. The van der Waals surface area contributed by atoms with E-state index >= 15 is 0 Å². The van der Waals surface area contributed by atoms with E-state index in [-0.39, 0.29) is 17.7 Å². The van der Waals surface area contributed by atoms with Gasteiger partial charge in [-0.25, -0.2) is 0 Å². The molecule has 0 radical (unpaired) electrons. The number of aromatic nitrogens is 3. The summed E-state index contributed by atoms with van der Waals surface area (Å²) in [6.45, 7) is 8.29. The first-order valence-electron chi connectivity index (χ1n) is 7.85. The summed E-state index contributed by atoms with van der Waals surface area (Å²) < 4.78 is 1.72. The molecule has 2 aromatic rings. The van der Waals surface area contributed by atoms with Crippen LogP contribution in [0.1, 0.15) is 31.0 Å². The maximum absolute atomic E-state index is 12.2. The van der Waals surface area contributed by atoms with Crippen LogP contribution < -0.4 is 11.1 Å². The Hall–Kier alpha value is -2.28. The van der Waals surface area contributed by atoms with Crippen molar-refractivity contribution in [2.45, 2.75) is 38.0 Å². The summed E-state index contributed by atoms with van der Waals surface area (Å²) in [5.41, 5.74) is 8.11. The van der Waals surface area contributed by atoms with E-state index in [1.807, 2.05) is 6.92 Å².